The monoisotopic (exact) mass is 368 g/mol. The average molecular weight is 368 g/mol. The Labute approximate surface area is 150 Å². The predicted molar refractivity (Wildman–Crippen MR) is 85.9 cm³/mol. The first-order chi connectivity index (χ1) is 12.4. The van der Waals surface area contributed by atoms with Crippen LogP contribution in [0.3, 0.4) is 0 Å². The van der Waals surface area contributed by atoms with Crippen LogP contribution in [-0.2, 0) is 28.6 Å². The second-order valence-electron chi connectivity index (χ2n) is 5.36. The highest BCUT2D eigenvalue weighted by atomic mass is 16.6. The van der Waals surface area contributed by atoms with Gasteiger partial charge in [0.25, 0.3) is 0 Å². The molecule has 1 aromatic rings. The number of cyclic esters (lactones) is 1. The minimum absolute atomic E-state index is 0.292. The lowest BCUT2D eigenvalue weighted by molar-refractivity contribution is -0.159. The maximum atomic E-state index is 12.3. The molecule has 1 heterocycles. The van der Waals surface area contributed by atoms with Crippen molar-refractivity contribution in [1.82, 2.24) is 0 Å². The van der Waals surface area contributed by atoms with E-state index in [1.165, 1.54) is 33.5 Å². The van der Waals surface area contributed by atoms with E-state index >= 15 is 0 Å². The number of esters is 3. The molecular weight excluding hydrogens is 348 g/mol. The quantitative estimate of drug-likeness (QED) is 0.411. The first-order valence-electron chi connectivity index (χ1n) is 7.59. The van der Waals surface area contributed by atoms with Crippen LogP contribution in [-0.4, -0.2) is 53.5 Å². The molecule has 0 spiro atoms. The summed E-state index contributed by atoms with van der Waals surface area (Å²) in [5.74, 6) is -4.20. The van der Waals surface area contributed by atoms with E-state index < -0.39 is 35.8 Å². The summed E-state index contributed by atoms with van der Waals surface area (Å²) in [5, 5.41) is 0. The molecule has 3 atom stereocenters. The number of hydrogen-bond donors (Lipinski definition) is 0. The molecule has 9 heteroatoms. The van der Waals surface area contributed by atoms with E-state index in [1.54, 1.807) is 0 Å². The molecule has 1 fully saturated rings. The molecule has 0 aliphatic carbocycles. The van der Waals surface area contributed by atoms with Crippen LogP contribution in [0.15, 0.2) is 12.1 Å². The normalized spacial score (nSPS) is 21.6. The Morgan fingerprint density at radius 1 is 0.846 bits per heavy atom. The van der Waals surface area contributed by atoms with Crippen LogP contribution in [0.1, 0.15) is 11.7 Å². The number of benzene rings is 1. The van der Waals surface area contributed by atoms with E-state index in [1.807, 2.05) is 0 Å². The molecule has 3 unspecified atom stereocenters. The van der Waals surface area contributed by atoms with E-state index in [2.05, 4.69) is 4.74 Å². The van der Waals surface area contributed by atoms with E-state index in [-0.39, 0.29) is 0 Å². The summed E-state index contributed by atoms with van der Waals surface area (Å²) in [5.41, 5.74) is 0.334. The highest BCUT2D eigenvalue weighted by Crippen LogP contribution is 2.46. The van der Waals surface area contributed by atoms with Crippen molar-refractivity contribution in [3.8, 4) is 17.2 Å². The summed E-state index contributed by atoms with van der Waals surface area (Å²) >= 11 is 0. The number of carbonyl (C=O) groups is 3. The predicted octanol–water partition coefficient (Wildman–Crippen LogP) is 0.889. The third kappa shape index (κ3) is 3.24. The van der Waals surface area contributed by atoms with Gasteiger partial charge >= 0.3 is 17.9 Å². The third-order valence-electron chi connectivity index (χ3n) is 4.15. The van der Waals surface area contributed by atoms with Crippen molar-refractivity contribution < 1.29 is 42.8 Å². The molecule has 1 aromatic carbocycles. The molecule has 142 valence electrons. The SMILES string of the molecule is COC(=O)C1C(=O)OC(c2cc(OC)c(OC)cc2OC)C1C(=O)OC. The number of rotatable bonds is 6. The van der Waals surface area contributed by atoms with Gasteiger partial charge in [-0.1, -0.05) is 0 Å². The van der Waals surface area contributed by atoms with Crippen molar-refractivity contribution >= 4 is 17.9 Å². The Bertz CT molecular complexity index is 712. The van der Waals surface area contributed by atoms with Gasteiger partial charge in [0.2, 0.25) is 0 Å². The van der Waals surface area contributed by atoms with Gasteiger partial charge in [0.1, 0.15) is 17.8 Å². The fraction of sp³-hybridized carbons (Fsp3) is 0.471. The Balaban J connectivity index is 2.59. The molecule has 2 rings (SSSR count). The maximum absolute atomic E-state index is 12.3. The van der Waals surface area contributed by atoms with Gasteiger partial charge in [-0.3, -0.25) is 14.4 Å². The largest absolute Gasteiger partial charge is 0.496 e. The first-order valence-corrected chi connectivity index (χ1v) is 7.59. The molecule has 0 bridgehead atoms. The second-order valence-corrected chi connectivity index (χ2v) is 5.36. The smallest absolute Gasteiger partial charge is 0.322 e. The van der Waals surface area contributed by atoms with E-state index in [0.29, 0.717) is 22.8 Å². The molecule has 26 heavy (non-hydrogen) atoms. The lowest BCUT2D eigenvalue weighted by Crippen LogP contribution is -2.33. The summed E-state index contributed by atoms with van der Waals surface area (Å²) in [6.07, 6.45) is -1.12. The maximum Gasteiger partial charge on any atom is 0.322 e. The summed E-state index contributed by atoms with van der Waals surface area (Å²) in [4.78, 5) is 36.5. The molecule has 0 saturated carbocycles. The minimum Gasteiger partial charge on any atom is -0.496 e. The topological polar surface area (TPSA) is 107 Å². The van der Waals surface area contributed by atoms with Gasteiger partial charge in [0.15, 0.2) is 17.4 Å². The molecule has 0 amide bonds. The van der Waals surface area contributed by atoms with Gasteiger partial charge in [-0.05, 0) is 6.07 Å². The molecular formula is C17H20O9. The number of methoxy groups -OCH3 is 5. The average Bonchev–Trinajstić information content (AvgIpc) is 3.02. The Kier molecular flexibility index (Phi) is 5.91. The van der Waals surface area contributed by atoms with Crippen LogP contribution < -0.4 is 14.2 Å². The van der Waals surface area contributed by atoms with Gasteiger partial charge in [-0.15, -0.1) is 0 Å². The van der Waals surface area contributed by atoms with Gasteiger partial charge < -0.3 is 28.4 Å². The lowest BCUT2D eigenvalue weighted by atomic mass is 9.86. The second kappa shape index (κ2) is 7.94. The van der Waals surface area contributed by atoms with Crippen LogP contribution in [0, 0.1) is 11.8 Å². The highest BCUT2D eigenvalue weighted by molar-refractivity contribution is 6.01. The summed E-state index contributed by atoms with van der Waals surface area (Å²) in [6.45, 7) is 0. The number of ether oxygens (including phenoxy) is 6. The first kappa shape index (κ1) is 19.4. The summed E-state index contributed by atoms with van der Waals surface area (Å²) < 4.78 is 30.5. The zero-order valence-corrected chi connectivity index (χ0v) is 15.1. The summed E-state index contributed by atoms with van der Waals surface area (Å²) in [6, 6.07) is 3.05. The molecule has 0 N–H and O–H groups in total. The molecule has 1 aliphatic heterocycles. The Hall–Kier alpha value is -2.97. The summed E-state index contributed by atoms with van der Waals surface area (Å²) in [7, 11) is 6.57. The van der Waals surface area contributed by atoms with Crippen molar-refractivity contribution in [2.24, 2.45) is 11.8 Å². The van der Waals surface area contributed by atoms with Crippen LogP contribution in [0.25, 0.3) is 0 Å². The van der Waals surface area contributed by atoms with Crippen LogP contribution >= 0.6 is 0 Å². The van der Waals surface area contributed by atoms with Gasteiger partial charge in [-0.2, -0.15) is 0 Å². The zero-order chi connectivity index (χ0) is 19.4. The standard InChI is InChI=1S/C17H20O9/c1-21-9-7-11(23-3)10(22-2)6-8(9)14-12(15(18)24-4)13(16(19)25-5)17(20)26-14/h6-7,12-14H,1-5H3. The van der Waals surface area contributed by atoms with Crippen LogP contribution in [0.5, 0.6) is 17.2 Å². The molecule has 0 aromatic heterocycles. The van der Waals surface area contributed by atoms with E-state index in [0.717, 1.165) is 14.2 Å². The zero-order valence-electron chi connectivity index (χ0n) is 15.1. The van der Waals surface area contributed by atoms with E-state index in [4.69, 9.17) is 23.7 Å². The van der Waals surface area contributed by atoms with Crippen molar-refractivity contribution in [3.63, 3.8) is 0 Å². The fourth-order valence-electron chi connectivity index (χ4n) is 2.89. The molecule has 1 aliphatic rings. The number of hydrogen-bond acceptors (Lipinski definition) is 9. The van der Waals surface area contributed by atoms with Crippen LogP contribution in [0.2, 0.25) is 0 Å². The van der Waals surface area contributed by atoms with Gasteiger partial charge in [-0.25, -0.2) is 0 Å². The minimum atomic E-state index is -1.43. The van der Waals surface area contributed by atoms with Crippen molar-refractivity contribution in [2.75, 3.05) is 35.5 Å². The van der Waals surface area contributed by atoms with E-state index in [9.17, 15) is 14.4 Å². The lowest BCUT2D eigenvalue weighted by Gasteiger charge is -2.21. The fourth-order valence-corrected chi connectivity index (χ4v) is 2.89. The van der Waals surface area contributed by atoms with Crippen molar-refractivity contribution in [3.05, 3.63) is 17.7 Å². The third-order valence-corrected chi connectivity index (χ3v) is 4.15. The van der Waals surface area contributed by atoms with Crippen LogP contribution in [0.4, 0.5) is 0 Å². The van der Waals surface area contributed by atoms with Crippen molar-refractivity contribution in [1.29, 1.82) is 0 Å². The van der Waals surface area contributed by atoms with Gasteiger partial charge in [0.05, 0.1) is 35.5 Å². The Morgan fingerprint density at radius 2 is 1.38 bits per heavy atom. The molecule has 9 nitrogen and oxygen atoms in total. The Morgan fingerprint density at radius 3 is 1.88 bits per heavy atom. The van der Waals surface area contributed by atoms with Gasteiger partial charge in [0, 0.05) is 11.6 Å². The number of carbonyl (C=O) groups excluding carboxylic acids is 3. The molecule has 0 radical (unpaired) electrons. The highest BCUT2D eigenvalue weighted by Gasteiger charge is 2.55. The molecule has 1 saturated heterocycles. The van der Waals surface area contributed by atoms with Crippen molar-refractivity contribution in [2.45, 2.75) is 6.10 Å².